The topological polar surface area (TPSA) is 63.1 Å². The van der Waals surface area contributed by atoms with E-state index < -0.39 is 11.2 Å². The highest BCUT2D eigenvalue weighted by Crippen LogP contribution is 2.38. The SMILES string of the molecule is O=C(O)C(Sc1nc2ccccc2s1)c1ccccn1. The number of pyridine rings is 1. The van der Waals surface area contributed by atoms with Crippen LogP contribution in [0.4, 0.5) is 0 Å². The van der Waals surface area contributed by atoms with Crippen LogP contribution in [0.1, 0.15) is 10.9 Å². The molecular formula is C14H10N2O2S2. The first-order chi connectivity index (χ1) is 9.74. The van der Waals surface area contributed by atoms with Crippen LogP contribution in [0.2, 0.25) is 0 Å². The Labute approximate surface area is 123 Å². The molecule has 0 aliphatic heterocycles. The van der Waals surface area contributed by atoms with Gasteiger partial charge in [-0.15, -0.1) is 11.3 Å². The van der Waals surface area contributed by atoms with Gasteiger partial charge in [0, 0.05) is 6.20 Å². The summed E-state index contributed by atoms with van der Waals surface area (Å²) in [5, 5.41) is 8.64. The Morgan fingerprint density at radius 2 is 2.00 bits per heavy atom. The molecule has 1 N–H and O–H groups in total. The minimum absolute atomic E-state index is 0.532. The molecule has 2 aromatic heterocycles. The predicted octanol–water partition coefficient (Wildman–Crippen LogP) is 3.61. The zero-order valence-electron chi connectivity index (χ0n) is 10.3. The third kappa shape index (κ3) is 2.66. The van der Waals surface area contributed by atoms with E-state index in [1.807, 2.05) is 24.3 Å². The molecule has 6 heteroatoms. The number of thiazole rings is 1. The molecule has 1 unspecified atom stereocenters. The minimum Gasteiger partial charge on any atom is -0.480 e. The van der Waals surface area contributed by atoms with Crippen molar-refractivity contribution in [1.29, 1.82) is 0 Å². The number of aliphatic carboxylic acids is 1. The van der Waals surface area contributed by atoms with Crippen LogP contribution in [0.15, 0.2) is 53.0 Å². The number of rotatable bonds is 4. The molecule has 100 valence electrons. The molecule has 0 aliphatic carbocycles. The van der Waals surface area contributed by atoms with E-state index in [2.05, 4.69) is 9.97 Å². The van der Waals surface area contributed by atoms with E-state index >= 15 is 0 Å². The molecule has 0 amide bonds. The van der Waals surface area contributed by atoms with E-state index in [4.69, 9.17) is 0 Å². The molecule has 0 radical (unpaired) electrons. The van der Waals surface area contributed by atoms with Crippen LogP contribution in [0, 0.1) is 0 Å². The van der Waals surface area contributed by atoms with Gasteiger partial charge < -0.3 is 5.11 Å². The zero-order valence-corrected chi connectivity index (χ0v) is 11.9. The number of carbonyl (C=O) groups is 1. The maximum atomic E-state index is 11.4. The number of hydrogen-bond donors (Lipinski definition) is 1. The van der Waals surface area contributed by atoms with Crippen LogP contribution < -0.4 is 0 Å². The van der Waals surface area contributed by atoms with Crippen molar-refractivity contribution in [2.45, 2.75) is 9.59 Å². The highest BCUT2D eigenvalue weighted by molar-refractivity contribution is 8.02. The fraction of sp³-hybridized carbons (Fsp3) is 0.0714. The third-order valence-corrected chi connectivity index (χ3v) is 5.02. The highest BCUT2D eigenvalue weighted by Gasteiger charge is 2.24. The van der Waals surface area contributed by atoms with Gasteiger partial charge in [0.15, 0.2) is 9.59 Å². The van der Waals surface area contributed by atoms with E-state index in [0.29, 0.717) is 5.69 Å². The molecule has 0 spiro atoms. The monoisotopic (exact) mass is 302 g/mol. The summed E-state index contributed by atoms with van der Waals surface area (Å²) in [6.07, 6.45) is 1.60. The number of hydrogen-bond acceptors (Lipinski definition) is 5. The Morgan fingerprint density at radius 3 is 2.70 bits per heavy atom. The number of para-hydroxylation sites is 1. The van der Waals surface area contributed by atoms with Crippen molar-refractivity contribution in [1.82, 2.24) is 9.97 Å². The smallest absolute Gasteiger partial charge is 0.323 e. The Kier molecular flexibility index (Phi) is 3.66. The number of benzene rings is 1. The van der Waals surface area contributed by atoms with Crippen molar-refractivity contribution in [2.24, 2.45) is 0 Å². The average molecular weight is 302 g/mol. The quantitative estimate of drug-likeness (QED) is 0.746. The number of thioether (sulfide) groups is 1. The molecule has 2 heterocycles. The Hall–Kier alpha value is -1.92. The summed E-state index contributed by atoms with van der Waals surface area (Å²) in [7, 11) is 0. The van der Waals surface area contributed by atoms with Gasteiger partial charge in [-0.25, -0.2) is 4.98 Å². The minimum atomic E-state index is -0.909. The number of nitrogens with zero attached hydrogens (tertiary/aromatic N) is 2. The first kappa shape index (κ1) is 13.1. The number of fused-ring (bicyclic) bond motifs is 1. The van der Waals surface area contributed by atoms with Gasteiger partial charge in [0.25, 0.3) is 0 Å². The zero-order chi connectivity index (χ0) is 13.9. The molecule has 0 saturated carbocycles. The molecule has 0 bridgehead atoms. The summed E-state index contributed by atoms with van der Waals surface area (Å²) in [6, 6.07) is 13.0. The summed E-state index contributed by atoms with van der Waals surface area (Å²) in [4.78, 5) is 20.0. The van der Waals surface area contributed by atoms with Crippen LogP contribution in [-0.2, 0) is 4.79 Å². The van der Waals surface area contributed by atoms with Gasteiger partial charge in [-0.2, -0.15) is 0 Å². The van der Waals surface area contributed by atoms with Gasteiger partial charge in [0.05, 0.1) is 15.9 Å². The number of carboxylic acids is 1. The molecule has 20 heavy (non-hydrogen) atoms. The molecule has 0 saturated heterocycles. The average Bonchev–Trinajstić information content (AvgIpc) is 2.88. The summed E-state index contributed by atoms with van der Waals surface area (Å²) in [6.45, 7) is 0. The first-order valence-electron chi connectivity index (χ1n) is 5.90. The summed E-state index contributed by atoms with van der Waals surface area (Å²) in [5.41, 5.74) is 1.43. The number of aromatic nitrogens is 2. The van der Waals surface area contributed by atoms with Crippen LogP contribution in [0.5, 0.6) is 0 Å². The van der Waals surface area contributed by atoms with Crippen LogP contribution >= 0.6 is 23.1 Å². The Bertz CT molecular complexity index is 710. The van der Waals surface area contributed by atoms with Crippen molar-refractivity contribution >= 4 is 39.3 Å². The van der Waals surface area contributed by atoms with Gasteiger partial charge in [0.1, 0.15) is 0 Å². The second-order valence-corrected chi connectivity index (χ2v) is 6.42. The van der Waals surface area contributed by atoms with Crippen molar-refractivity contribution in [3.63, 3.8) is 0 Å². The number of carboxylic acid groups (broad SMARTS) is 1. The molecule has 1 aromatic carbocycles. The molecule has 1 atom stereocenters. The van der Waals surface area contributed by atoms with Gasteiger partial charge in [-0.1, -0.05) is 30.0 Å². The van der Waals surface area contributed by atoms with E-state index in [1.165, 1.54) is 23.1 Å². The van der Waals surface area contributed by atoms with Gasteiger partial charge in [-0.3, -0.25) is 9.78 Å². The fourth-order valence-electron chi connectivity index (χ4n) is 1.77. The van der Waals surface area contributed by atoms with Crippen molar-refractivity contribution in [3.8, 4) is 0 Å². The summed E-state index contributed by atoms with van der Waals surface area (Å²) >= 11 is 2.72. The summed E-state index contributed by atoms with van der Waals surface area (Å²) < 4.78 is 1.80. The molecular weight excluding hydrogens is 292 g/mol. The lowest BCUT2D eigenvalue weighted by Crippen LogP contribution is -2.09. The largest absolute Gasteiger partial charge is 0.480 e. The normalized spacial score (nSPS) is 12.4. The molecule has 3 aromatic rings. The van der Waals surface area contributed by atoms with Crippen LogP contribution in [0.25, 0.3) is 10.2 Å². The Morgan fingerprint density at radius 1 is 1.20 bits per heavy atom. The molecule has 3 rings (SSSR count). The van der Waals surface area contributed by atoms with E-state index in [0.717, 1.165) is 14.6 Å². The summed E-state index contributed by atoms with van der Waals surface area (Å²) in [5.74, 6) is -0.909. The molecule has 0 fully saturated rings. The van der Waals surface area contributed by atoms with Gasteiger partial charge in [0.2, 0.25) is 0 Å². The van der Waals surface area contributed by atoms with Gasteiger partial charge in [-0.05, 0) is 24.3 Å². The van der Waals surface area contributed by atoms with Crippen LogP contribution in [0.3, 0.4) is 0 Å². The lowest BCUT2D eigenvalue weighted by Gasteiger charge is -2.08. The fourth-order valence-corrected chi connectivity index (χ4v) is 3.93. The maximum absolute atomic E-state index is 11.4. The molecule has 4 nitrogen and oxygen atoms in total. The van der Waals surface area contributed by atoms with Crippen LogP contribution in [-0.4, -0.2) is 21.0 Å². The maximum Gasteiger partial charge on any atom is 0.323 e. The lowest BCUT2D eigenvalue weighted by atomic mass is 10.3. The van der Waals surface area contributed by atoms with Crippen molar-refractivity contribution in [2.75, 3.05) is 0 Å². The lowest BCUT2D eigenvalue weighted by molar-refractivity contribution is -0.136. The van der Waals surface area contributed by atoms with Gasteiger partial charge >= 0.3 is 5.97 Å². The van der Waals surface area contributed by atoms with E-state index in [-0.39, 0.29) is 0 Å². The highest BCUT2D eigenvalue weighted by atomic mass is 32.2. The standard InChI is InChI=1S/C14H10N2O2S2/c17-13(18)12(10-6-3-4-8-15-10)20-14-16-9-5-1-2-7-11(9)19-14/h1-8,12H,(H,17,18). The Balaban J connectivity index is 1.92. The second kappa shape index (κ2) is 5.60. The molecule has 0 aliphatic rings. The van der Waals surface area contributed by atoms with Crippen molar-refractivity contribution in [3.05, 3.63) is 54.4 Å². The van der Waals surface area contributed by atoms with Crippen molar-refractivity contribution < 1.29 is 9.90 Å². The second-order valence-electron chi connectivity index (χ2n) is 4.04. The first-order valence-corrected chi connectivity index (χ1v) is 7.59. The van der Waals surface area contributed by atoms with E-state index in [9.17, 15) is 9.90 Å². The predicted molar refractivity (Wildman–Crippen MR) is 80.1 cm³/mol. The third-order valence-electron chi connectivity index (χ3n) is 2.67. The van der Waals surface area contributed by atoms with E-state index in [1.54, 1.807) is 24.4 Å².